The summed E-state index contributed by atoms with van der Waals surface area (Å²) in [5.41, 5.74) is 0. The first-order chi connectivity index (χ1) is 3.56. The van der Waals surface area contributed by atoms with E-state index in [1.54, 1.807) is 0 Å². The van der Waals surface area contributed by atoms with Gasteiger partial charge in [0.05, 0.1) is 4.87 Å². The van der Waals surface area contributed by atoms with Crippen LogP contribution in [0.4, 0.5) is 0 Å². The molecule has 0 aliphatic carbocycles. The summed E-state index contributed by atoms with van der Waals surface area (Å²) < 4.78 is 0. The van der Waals surface area contributed by atoms with Crippen molar-refractivity contribution in [3.8, 4) is 0 Å². The first-order valence-corrected chi connectivity index (χ1v) is 3.40. The fraction of sp³-hybridized carbons (Fsp3) is 0.667. The molecule has 8 heavy (non-hydrogen) atoms. The third kappa shape index (κ3) is 6.32. The fourth-order valence-corrected chi connectivity index (χ4v) is 0.503. The third-order valence-electron chi connectivity index (χ3n) is 0.603. The highest BCUT2D eigenvalue weighted by Gasteiger charge is 2.05. The Hall–Kier alpha value is 0.320. The van der Waals surface area contributed by atoms with Crippen molar-refractivity contribution in [2.45, 2.75) is 18.7 Å². The molecule has 0 saturated carbocycles. The van der Waals surface area contributed by atoms with Gasteiger partial charge in [0.15, 0.2) is 0 Å². The van der Waals surface area contributed by atoms with Crippen LogP contribution >= 0.6 is 23.2 Å². The number of rotatable bonds is 2. The fourth-order valence-electron chi connectivity index (χ4n) is 0.325. The molecule has 0 amide bonds. The lowest BCUT2D eigenvalue weighted by atomic mass is 10.2. The molecule has 0 unspecified atom stereocenters. The second-order valence-electron chi connectivity index (χ2n) is 2.12. The largest absolute Gasteiger partial charge is 0.122 e. The zero-order valence-corrected chi connectivity index (χ0v) is 6.63. The Morgan fingerprint density at radius 1 is 1.50 bits per heavy atom. The van der Waals surface area contributed by atoms with Gasteiger partial charge in [-0.05, 0) is 13.8 Å². The summed E-state index contributed by atoms with van der Waals surface area (Å²) in [6, 6.07) is 0. The molecule has 2 heteroatoms. The smallest absolute Gasteiger partial charge is 0.0570 e. The molecule has 0 rings (SSSR count). The van der Waals surface area contributed by atoms with Gasteiger partial charge < -0.3 is 0 Å². The van der Waals surface area contributed by atoms with Crippen LogP contribution < -0.4 is 0 Å². The van der Waals surface area contributed by atoms with Crippen LogP contribution in [0.1, 0.15) is 13.8 Å². The molecule has 0 fully saturated rings. The minimum atomic E-state index is -0.241. The summed E-state index contributed by atoms with van der Waals surface area (Å²) in [5, 5.41) is 0. The van der Waals surface area contributed by atoms with Gasteiger partial charge in [0.2, 0.25) is 0 Å². The average Bonchev–Trinajstić information content (AvgIpc) is 1.59. The second-order valence-corrected chi connectivity index (χ2v) is 3.40. The average molecular weight is 153 g/mol. The molecule has 0 N–H and O–H groups in total. The molecule has 0 bridgehead atoms. The summed E-state index contributed by atoms with van der Waals surface area (Å²) >= 11 is 11.1. The van der Waals surface area contributed by atoms with E-state index in [9.17, 15) is 0 Å². The monoisotopic (exact) mass is 152 g/mol. The number of alkyl halides is 2. The van der Waals surface area contributed by atoms with Crippen molar-refractivity contribution in [1.82, 2.24) is 0 Å². The second kappa shape index (κ2) is 3.37. The van der Waals surface area contributed by atoms with Crippen molar-refractivity contribution in [3.05, 3.63) is 12.2 Å². The van der Waals surface area contributed by atoms with E-state index in [1.165, 1.54) is 0 Å². The van der Waals surface area contributed by atoms with Crippen molar-refractivity contribution in [3.63, 3.8) is 0 Å². The highest BCUT2D eigenvalue weighted by Crippen LogP contribution is 2.13. The summed E-state index contributed by atoms with van der Waals surface area (Å²) in [4.78, 5) is -0.241. The highest BCUT2D eigenvalue weighted by atomic mass is 35.5. The van der Waals surface area contributed by atoms with E-state index >= 15 is 0 Å². The van der Waals surface area contributed by atoms with Crippen LogP contribution in [-0.2, 0) is 0 Å². The molecular formula is C6H10Cl2. The van der Waals surface area contributed by atoms with E-state index in [1.807, 2.05) is 26.0 Å². The predicted octanol–water partition coefficient (Wildman–Crippen LogP) is 2.80. The first-order valence-electron chi connectivity index (χ1n) is 2.49. The van der Waals surface area contributed by atoms with Crippen molar-refractivity contribution >= 4 is 23.2 Å². The molecule has 0 spiro atoms. The van der Waals surface area contributed by atoms with Gasteiger partial charge in [0, 0.05) is 5.88 Å². The van der Waals surface area contributed by atoms with Crippen molar-refractivity contribution < 1.29 is 0 Å². The summed E-state index contributed by atoms with van der Waals surface area (Å²) in [5.74, 6) is 0.538. The molecule has 0 heterocycles. The lowest BCUT2D eigenvalue weighted by Gasteiger charge is -2.06. The van der Waals surface area contributed by atoms with Gasteiger partial charge in [-0.15, -0.1) is 23.2 Å². The number of hydrogen-bond acceptors (Lipinski definition) is 0. The first kappa shape index (κ1) is 8.32. The van der Waals surface area contributed by atoms with Crippen LogP contribution in [0.25, 0.3) is 0 Å². The van der Waals surface area contributed by atoms with E-state index in [2.05, 4.69) is 0 Å². The van der Waals surface area contributed by atoms with Crippen LogP contribution in [0.15, 0.2) is 12.2 Å². The van der Waals surface area contributed by atoms with Crippen molar-refractivity contribution in [1.29, 1.82) is 0 Å². The van der Waals surface area contributed by atoms with E-state index < -0.39 is 0 Å². The van der Waals surface area contributed by atoms with Crippen LogP contribution in [0.2, 0.25) is 0 Å². The molecule has 0 nitrogen and oxygen atoms in total. The lowest BCUT2D eigenvalue weighted by Crippen LogP contribution is -2.03. The van der Waals surface area contributed by atoms with E-state index in [0.717, 1.165) is 0 Å². The molecule has 0 aromatic heterocycles. The van der Waals surface area contributed by atoms with Gasteiger partial charge >= 0.3 is 0 Å². The molecule has 48 valence electrons. The molecule has 0 aliphatic heterocycles. The Morgan fingerprint density at radius 2 is 2.00 bits per heavy atom. The van der Waals surface area contributed by atoms with Gasteiger partial charge in [-0.2, -0.15) is 0 Å². The van der Waals surface area contributed by atoms with Crippen LogP contribution in [0, 0.1) is 0 Å². The molecule has 0 atom stereocenters. The molecule has 0 aromatic carbocycles. The van der Waals surface area contributed by atoms with Gasteiger partial charge in [0.25, 0.3) is 0 Å². The van der Waals surface area contributed by atoms with Crippen LogP contribution in [-0.4, -0.2) is 10.8 Å². The van der Waals surface area contributed by atoms with Gasteiger partial charge in [-0.1, -0.05) is 12.2 Å². The number of hydrogen-bond donors (Lipinski definition) is 0. The Morgan fingerprint density at radius 3 is 2.12 bits per heavy atom. The minimum Gasteiger partial charge on any atom is -0.122 e. The van der Waals surface area contributed by atoms with Crippen molar-refractivity contribution in [2.24, 2.45) is 0 Å². The maximum Gasteiger partial charge on any atom is 0.0570 e. The molecule has 0 aromatic rings. The number of allylic oxidation sites excluding steroid dienone is 2. The van der Waals surface area contributed by atoms with Gasteiger partial charge in [0.1, 0.15) is 0 Å². The Kier molecular flexibility index (Phi) is 3.50. The summed E-state index contributed by atoms with van der Waals surface area (Å²) in [6.45, 7) is 3.83. The molecular weight excluding hydrogens is 143 g/mol. The minimum absolute atomic E-state index is 0.241. The maximum absolute atomic E-state index is 5.77. The zero-order chi connectivity index (χ0) is 6.62. The molecule has 0 radical (unpaired) electrons. The Labute approximate surface area is 60.5 Å². The lowest BCUT2D eigenvalue weighted by molar-refractivity contribution is 0.881. The normalized spacial score (nSPS) is 13.0. The van der Waals surface area contributed by atoms with E-state index in [0.29, 0.717) is 5.88 Å². The van der Waals surface area contributed by atoms with Crippen LogP contribution in [0.5, 0.6) is 0 Å². The Balaban J connectivity index is 3.52. The SMILES string of the molecule is CC(C)(Cl)C=CCCl. The quantitative estimate of drug-likeness (QED) is 0.422. The van der Waals surface area contributed by atoms with Gasteiger partial charge in [-0.25, -0.2) is 0 Å². The topological polar surface area (TPSA) is 0 Å². The molecule has 0 aliphatic rings. The van der Waals surface area contributed by atoms with Crippen molar-refractivity contribution in [2.75, 3.05) is 5.88 Å². The van der Waals surface area contributed by atoms with E-state index in [-0.39, 0.29) is 4.87 Å². The molecule has 0 saturated heterocycles. The maximum atomic E-state index is 5.77. The summed E-state index contributed by atoms with van der Waals surface area (Å²) in [6.07, 6.45) is 3.72. The zero-order valence-electron chi connectivity index (χ0n) is 5.12. The Bertz CT molecular complexity index is 79.0. The van der Waals surface area contributed by atoms with E-state index in [4.69, 9.17) is 23.2 Å². The summed E-state index contributed by atoms with van der Waals surface area (Å²) in [7, 11) is 0. The van der Waals surface area contributed by atoms with Crippen LogP contribution in [0.3, 0.4) is 0 Å². The highest BCUT2D eigenvalue weighted by molar-refractivity contribution is 6.24. The standard InChI is InChI=1S/C6H10Cl2/c1-6(2,8)4-3-5-7/h3-4H,5H2,1-2H3. The predicted molar refractivity (Wildman–Crippen MR) is 39.8 cm³/mol. The van der Waals surface area contributed by atoms with Gasteiger partial charge in [-0.3, -0.25) is 0 Å². The number of halogens is 2. The third-order valence-corrected chi connectivity index (χ3v) is 0.907.